The van der Waals surface area contributed by atoms with Crippen LogP contribution in [0.25, 0.3) is 0 Å². The lowest BCUT2D eigenvalue weighted by Crippen LogP contribution is -2.52. The lowest BCUT2D eigenvalue weighted by Gasteiger charge is -2.42. The van der Waals surface area contributed by atoms with Crippen molar-refractivity contribution < 1.29 is 9.90 Å². The molecule has 1 aliphatic rings. The van der Waals surface area contributed by atoms with Gasteiger partial charge < -0.3 is 10.0 Å². The van der Waals surface area contributed by atoms with Crippen LogP contribution in [0, 0.1) is 5.92 Å². The van der Waals surface area contributed by atoms with E-state index in [0.717, 1.165) is 36.9 Å². The lowest BCUT2D eigenvalue weighted by atomic mass is 9.83. The molecule has 0 unspecified atom stereocenters. The Hall–Kier alpha value is -0.250. The molecule has 0 aromatic rings. The number of carbonyl (C=O) groups is 1. The van der Waals surface area contributed by atoms with Crippen molar-refractivity contribution in [3.8, 4) is 0 Å². The van der Waals surface area contributed by atoms with E-state index in [1.54, 1.807) is 4.90 Å². The molecule has 3 nitrogen and oxygen atoms in total. The van der Waals surface area contributed by atoms with Gasteiger partial charge in [0.1, 0.15) is 0 Å². The molecule has 0 spiro atoms. The summed E-state index contributed by atoms with van der Waals surface area (Å²) in [6.45, 7) is 5.93. The molecule has 100 valence electrons. The number of hydrogen-bond donors (Lipinski definition) is 1. The number of rotatable bonds is 3. The second kappa shape index (κ2) is 6.07. The molecule has 0 aromatic heterocycles. The molecule has 0 aromatic carbocycles. The van der Waals surface area contributed by atoms with Crippen molar-refractivity contribution in [2.75, 3.05) is 5.33 Å². The van der Waals surface area contributed by atoms with Gasteiger partial charge in [-0.05, 0) is 58.8 Å². The summed E-state index contributed by atoms with van der Waals surface area (Å²) in [7, 11) is 0. The van der Waals surface area contributed by atoms with Crippen LogP contribution in [0.5, 0.6) is 0 Å². The second-order valence-corrected chi connectivity index (χ2v) is 6.77. The SMILES string of the molecule is CC(C)(C)N(C(=O)O)[C@H]1CC[C@H](CCBr)CC1. The quantitative estimate of drug-likeness (QED) is 0.797. The van der Waals surface area contributed by atoms with Gasteiger partial charge in [0.15, 0.2) is 0 Å². The Bertz CT molecular complexity index is 255. The Morgan fingerprint density at radius 3 is 2.18 bits per heavy atom. The molecule has 1 fully saturated rings. The normalized spacial score (nSPS) is 25.6. The molecule has 1 aliphatic carbocycles. The molecule has 1 N–H and O–H groups in total. The highest BCUT2D eigenvalue weighted by molar-refractivity contribution is 9.09. The van der Waals surface area contributed by atoms with E-state index >= 15 is 0 Å². The summed E-state index contributed by atoms with van der Waals surface area (Å²) in [6, 6.07) is 0.207. The van der Waals surface area contributed by atoms with Gasteiger partial charge in [0.25, 0.3) is 0 Å². The van der Waals surface area contributed by atoms with Crippen LogP contribution in [0.15, 0.2) is 0 Å². The molecule has 0 bridgehead atoms. The van der Waals surface area contributed by atoms with Gasteiger partial charge in [-0.1, -0.05) is 15.9 Å². The highest BCUT2D eigenvalue weighted by Gasteiger charge is 2.35. The third kappa shape index (κ3) is 4.16. The van der Waals surface area contributed by atoms with Crippen LogP contribution in [0.1, 0.15) is 52.9 Å². The van der Waals surface area contributed by atoms with Crippen molar-refractivity contribution in [3.05, 3.63) is 0 Å². The average Bonchev–Trinajstić information content (AvgIpc) is 2.18. The maximum absolute atomic E-state index is 11.4. The van der Waals surface area contributed by atoms with Crippen LogP contribution in [0.4, 0.5) is 4.79 Å². The standard InChI is InChI=1S/C13H24BrNO2/c1-13(2,3)15(12(16)17)11-6-4-10(5-7-11)8-9-14/h10-11H,4-9H2,1-3H3,(H,16,17)/t10-,11-. The molecule has 0 heterocycles. The van der Waals surface area contributed by atoms with Crippen molar-refractivity contribution >= 4 is 22.0 Å². The van der Waals surface area contributed by atoms with Crippen molar-refractivity contribution in [1.29, 1.82) is 0 Å². The van der Waals surface area contributed by atoms with Gasteiger partial charge in [0.2, 0.25) is 0 Å². The number of nitrogens with zero attached hydrogens (tertiary/aromatic N) is 1. The van der Waals surface area contributed by atoms with E-state index in [1.807, 2.05) is 20.8 Å². The Balaban J connectivity index is 2.59. The van der Waals surface area contributed by atoms with Gasteiger partial charge >= 0.3 is 6.09 Å². The van der Waals surface area contributed by atoms with E-state index in [1.165, 1.54) is 6.42 Å². The number of hydrogen-bond acceptors (Lipinski definition) is 1. The van der Waals surface area contributed by atoms with Crippen molar-refractivity contribution in [1.82, 2.24) is 4.90 Å². The van der Waals surface area contributed by atoms with E-state index in [4.69, 9.17) is 0 Å². The summed E-state index contributed by atoms with van der Waals surface area (Å²) in [5.41, 5.74) is -0.293. The summed E-state index contributed by atoms with van der Waals surface area (Å²) < 4.78 is 0. The minimum absolute atomic E-state index is 0.207. The molecule has 0 atom stereocenters. The Kier molecular flexibility index (Phi) is 5.29. The second-order valence-electron chi connectivity index (χ2n) is 5.98. The largest absolute Gasteiger partial charge is 0.465 e. The van der Waals surface area contributed by atoms with Crippen LogP contribution in [-0.4, -0.2) is 33.0 Å². The number of amides is 1. The van der Waals surface area contributed by atoms with Gasteiger partial charge in [-0.25, -0.2) is 4.79 Å². The van der Waals surface area contributed by atoms with Crippen molar-refractivity contribution in [2.45, 2.75) is 64.5 Å². The predicted octanol–water partition coefficient (Wildman–Crippen LogP) is 4.11. The highest BCUT2D eigenvalue weighted by atomic mass is 79.9. The monoisotopic (exact) mass is 305 g/mol. The maximum Gasteiger partial charge on any atom is 0.407 e. The first-order valence-corrected chi connectivity index (χ1v) is 7.56. The zero-order valence-electron chi connectivity index (χ0n) is 11.1. The van der Waals surface area contributed by atoms with Crippen LogP contribution in [0.2, 0.25) is 0 Å². The van der Waals surface area contributed by atoms with Crippen molar-refractivity contribution in [3.63, 3.8) is 0 Å². The summed E-state index contributed by atoms with van der Waals surface area (Å²) >= 11 is 3.48. The fourth-order valence-corrected chi connectivity index (χ4v) is 3.48. The Labute approximate surface area is 113 Å². The molecular weight excluding hydrogens is 282 g/mol. The number of halogens is 1. The van der Waals surface area contributed by atoms with E-state index in [-0.39, 0.29) is 11.6 Å². The molecule has 0 radical (unpaired) electrons. The van der Waals surface area contributed by atoms with E-state index in [2.05, 4.69) is 15.9 Å². The summed E-state index contributed by atoms with van der Waals surface area (Å²) in [4.78, 5) is 13.0. The molecule has 0 aliphatic heterocycles. The highest BCUT2D eigenvalue weighted by Crippen LogP contribution is 2.33. The topological polar surface area (TPSA) is 40.5 Å². The van der Waals surface area contributed by atoms with Crippen LogP contribution in [-0.2, 0) is 0 Å². The molecule has 17 heavy (non-hydrogen) atoms. The fourth-order valence-electron chi connectivity index (χ4n) is 2.84. The fraction of sp³-hybridized carbons (Fsp3) is 0.923. The van der Waals surface area contributed by atoms with E-state index in [0.29, 0.717) is 0 Å². The van der Waals surface area contributed by atoms with Gasteiger partial charge in [-0.3, -0.25) is 0 Å². The Morgan fingerprint density at radius 2 is 1.82 bits per heavy atom. The van der Waals surface area contributed by atoms with Gasteiger partial charge in [0.05, 0.1) is 0 Å². The molecule has 1 saturated carbocycles. The smallest absolute Gasteiger partial charge is 0.407 e. The maximum atomic E-state index is 11.4. The molecule has 1 rings (SSSR count). The number of alkyl halides is 1. The third-order valence-corrected chi connectivity index (χ3v) is 4.09. The first-order chi connectivity index (χ1) is 7.86. The predicted molar refractivity (Wildman–Crippen MR) is 73.8 cm³/mol. The molecular formula is C13H24BrNO2. The third-order valence-electron chi connectivity index (χ3n) is 3.63. The molecule has 0 saturated heterocycles. The van der Waals surface area contributed by atoms with Crippen molar-refractivity contribution in [2.24, 2.45) is 5.92 Å². The first-order valence-electron chi connectivity index (χ1n) is 6.44. The van der Waals surface area contributed by atoms with Gasteiger partial charge in [-0.15, -0.1) is 0 Å². The number of carboxylic acid groups (broad SMARTS) is 1. The van der Waals surface area contributed by atoms with E-state index < -0.39 is 6.09 Å². The Morgan fingerprint density at radius 1 is 1.29 bits per heavy atom. The van der Waals surface area contributed by atoms with Gasteiger partial charge in [0, 0.05) is 16.9 Å². The first kappa shape index (κ1) is 14.8. The molecule has 4 heteroatoms. The van der Waals surface area contributed by atoms with Crippen LogP contribution in [0.3, 0.4) is 0 Å². The van der Waals surface area contributed by atoms with E-state index in [9.17, 15) is 9.90 Å². The summed E-state index contributed by atoms with van der Waals surface area (Å²) in [6.07, 6.45) is 4.80. The minimum atomic E-state index is -0.776. The summed E-state index contributed by atoms with van der Waals surface area (Å²) in [5, 5.41) is 10.4. The zero-order valence-corrected chi connectivity index (χ0v) is 12.7. The zero-order chi connectivity index (χ0) is 13.1. The van der Waals surface area contributed by atoms with Crippen LogP contribution < -0.4 is 0 Å². The minimum Gasteiger partial charge on any atom is -0.465 e. The van der Waals surface area contributed by atoms with Gasteiger partial charge in [-0.2, -0.15) is 0 Å². The average molecular weight is 306 g/mol. The van der Waals surface area contributed by atoms with Crippen LogP contribution >= 0.6 is 15.9 Å². The summed E-state index contributed by atoms with van der Waals surface area (Å²) in [5.74, 6) is 0.779. The molecule has 1 amide bonds. The lowest BCUT2D eigenvalue weighted by molar-refractivity contribution is 0.0502.